The summed E-state index contributed by atoms with van der Waals surface area (Å²) in [5, 5.41) is 0. The smallest absolute Gasteiger partial charge is 0.312 e. The Hall–Kier alpha value is -1.03. The molecule has 6 heteroatoms. The van der Waals surface area contributed by atoms with Crippen LogP contribution in [0.3, 0.4) is 0 Å². The van der Waals surface area contributed by atoms with Crippen LogP contribution >= 0.6 is 7.60 Å². The van der Waals surface area contributed by atoms with Gasteiger partial charge in [0, 0.05) is 19.3 Å². The van der Waals surface area contributed by atoms with Crippen LogP contribution in [0.2, 0.25) is 0 Å². The van der Waals surface area contributed by atoms with E-state index < -0.39 is 13.4 Å². The van der Waals surface area contributed by atoms with Gasteiger partial charge in [-0.15, -0.1) is 0 Å². The van der Waals surface area contributed by atoms with E-state index in [-0.39, 0.29) is 12.4 Å². The average molecular weight is 246 g/mol. The first-order valence-corrected chi connectivity index (χ1v) is 6.50. The third kappa shape index (κ3) is 3.85. The highest BCUT2D eigenvalue weighted by atomic mass is 31.2. The van der Waals surface area contributed by atoms with Gasteiger partial charge in [0.1, 0.15) is 12.4 Å². The lowest BCUT2D eigenvalue weighted by Gasteiger charge is -2.10. The van der Waals surface area contributed by atoms with Crippen molar-refractivity contribution < 1.29 is 22.8 Å². The van der Waals surface area contributed by atoms with Crippen LogP contribution in [0.4, 0.5) is 4.39 Å². The lowest BCUT2D eigenvalue weighted by atomic mass is 10.1. The molecule has 0 aliphatic carbocycles. The fourth-order valence-electron chi connectivity index (χ4n) is 0.948. The first kappa shape index (κ1) is 13.0. The van der Waals surface area contributed by atoms with Crippen LogP contribution < -0.4 is 0 Å². The highest BCUT2D eigenvalue weighted by molar-refractivity contribution is 7.52. The molecular formula is C10H12FO4P. The van der Waals surface area contributed by atoms with Crippen molar-refractivity contribution in [2.75, 3.05) is 20.4 Å². The SMILES string of the molecule is COP(C)(=O)OCC(=O)c1ccc(F)cc1. The van der Waals surface area contributed by atoms with Crippen LogP contribution in [0.5, 0.6) is 0 Å². The summed E-state index contributed by atoms with van der Waals surface area (Å²) < 4.78 is 33.3. The van der Waals surface area contributed by atoms with E-state index in [4.69, 9.17) is 4.52 Å². The van der Waals surface area contributed by atoms with E-state index in [0.717, 1.165) is 0 Å². The second-order valence-corrected chi connectivity index (χ2v) is 5.32. The molecule has 4 nitrogen and oxygen atoms in total. The first-order valence-electron chi connectivity index (χ1n) is 4.51. The van der Waals surface area contributed by atoms with E-state index >= 15 is 0 Å². The summed E-state index contributed by atoms with van der Waals surface area (Å²) in [6.07, 6.45) is 0. The van der Waals surface area contributed by atoms with Crippen LogP contribution in [0.15, 0.2) is 24.3 Å². The number of benzene rings is 1. The van der Waals surface area contributed by atoms with Crippen LogP contribution in [0.1, 0.15) is 10.4 Å². The fraction of sp³-hybridized carbons (Fsp3) is 0.300. The molecule has 0 saturated carbocycles. The van der Waals surface area contributed by atoms with Gasteiger partial charge >= 0.3 is 7.60 Å². The summed E-state index contributed by atoms with van der Waals surface area (Å²) >= 11 is 0. The summed E-state index contributed by atoms with van der Waals surface area (Å²) in [4.78, 5) is 11.5. The predicted molar refractivity (Wildman–Crippen MR) is 57.2 cm³/mol. The van der Waals surface area contributed by atoms with E-state index in [1.807, 2.05) is 0 Å². The molecule has 1 aromatic rings. The third-order valence-electron chi connectivity index (χ3n) is 1.93. The van der Waals surface area contributed by atoms with E-state index in [1.165, 1.54) is 38.0 Å². The van der Waals surface area contributed by atoms with Gasteiger partial charge in [-0.25, -0.2) is 4.39 Å². The van der Waals surface area contributed by atoms with E-state index in [0.29, 0.717) is 5.56 Å². The van der Waals surface area contributed by atoms with Gasteiger partial charge in [-0.1, -0.05) is 0 Å². The van der Waals surface area contributed by atoms with Crippen LogP contribution in [0.25, 0.3) is 0 Å². The molecule has 1 atom stereocenters. The molecule has 88 valence electrons. The van der Waals surface area contributed by atoms with E-state index in [9.17, 15) is 13.8 Å². The summed E-state index contributed by atoms with van der Waals surface area (Å²) in [5.74, 6) is -0.797. The normalized spacial score (nSPS) is 14.4. The van der Waals surface area contributed by atoms with Crippen molar-refractivity contribution in [3.63, 3.8) is 0 Å². The van der Waals surface area contributed by atoms with E-state index in [2.05, 4.69) is 4.52 Å². The number of Topliss-reactive ketones (excluding diaryl/α,β-unsaturated/α-hetero) is 1. The molecule has 1 rings (SSSR count). The number of carbonyl (C=O) groups excluding carboxylic acids is 1. The molecule has 0 radical (unpaired) electrons. The highest BCUT2D eigenvalue weighted by Crippen LogP contribution is 2.42. The summed E-state index contributed by atoms with van der Waals surface area (Å²) in [6.45, 7) is 0.915. The quantitative estimate of drug-likeness (QED) is 0.591. The Kier molecular flexibility index (Phi) is 4.35. The minimum absolute atomic E-state index is 0.303. The molecule has 0 spiro atoms. The maximum absolute atomic E-state index is 12.6. The number of rotatable bonds is 5. The van der Waals surface area contributed by atoms with Crippen LogP contribution in [0, 0.1) is 5.82 Å². The third-order valence-corrected chi connectivity index (χ3v) is 3.19. The Morgan fingerprint density at radius 3 is 2.44 bits per heavy atom. The molecule has 1 unspecified atom stereocenters. The van der Waals surface area contributed by atoms with Crippen LogP contribution in [-0.2, 0) is 13.6 Å². The molecule has 0 bridgehead atoms. The molecule has 0 aromatic heterocycles. The topological polar surface area (TPSA) is 52.6 Å². The molecule has 0 aliphatic rings. The second kappa shape index (κ2) is 5.34. The molecular weight excluding hydrogens is 234 g/mol. The summed E-state index contributed by atoms with van der Waals surface area (Å²) in [6, 6.07) is 5.03. The van der Waals surface area contributed by atoms with Gasteiger partial charge < -0.3 is 9.05 Å². The van der Waals surface area contributed by atoms with Crippen molar-refractivity contribution in [2.45, 2.75) is 0 Å². The molecule has 0 amide bonds. The van der Waals surface area contributed by atoms with Gasteiger partial charge in [0.2, 0.25) is 0 Å². The zero-order valence-electron chi connectivity index (χ0n) is 8.97. The van der Waals surface area contributed by atoms with Crippen LogP contribution in [-0.4, -0.2) is 26.2 Å². The molecule has 0 N–H and O–H groups in total. The Morgan fingerprint density at radius 1 is 1.38 bits per heavy atom. The standard InChI is InChI=1S/C10H12FO4P/c1-14-16(2,13)15-7-10(12)8-3-5-9(11)6-4-8/h3-6H,7H2,1-2H3. The Morgan fingerprint density at radius 2 is 1.94 bits per heavy atom. The molecule has 16 heavy (non-hydrogen) atoms. The minimum Gasteiger partial charge on any atom is -0.312 e. The minimum atomic E-state index is -3.15. The first-order chi connectivity index (χ1) is 7.44. The van der Waals surface area contributed by atoms with Crippen molar-refractivity contribution in [2.24, 2.45) is 0 Å². The Bertz CT molecular complexity index is 415. The van der Waals surface area contributed by atoms with Gasteiger partial charge in [0.15, 0.2) is 5.78 Å². The van der Waals surface area contributed by atoms with Gasteiger partial charge in [-0.2, -0.15) is 0 Å². The number of halogens is 1. The number of carbonyl (C=O) groups is 1. The van der Waals surface area contributed by atoms with Gasteiger partial charge in [0.25, 0.3) is 0 Å². The largest absolute Gasteiger partial charge is 0.327 e. The van der Waals surface area contributed by atoms with Crippen molar-refractivity contribution in [3.8, 4) is 0 Å². The Labute approximate surface area is 92.9 Å². The number of hydrogen-bond donors (Lipinski definition) is 0. The summed E-state index contributed by atoms with van der Waals surface area (Å²) in [7, 11) is -1.91. The zero-order valence-corrected chi connectivity index (χ0v) is 9.87. The average Bonchev–Trinajstić information content (AvgIpc) is 2.27. The fourth-order valence-corrected chi connectivity index (χ4v) is 1.40. The number of hydrogen-bond acceptors (Lipinski definition) is 4. The second-order valence-electron chi connectivity index (χ2n) is 3.16. The maximum Gasteiger partial charge on any atom is 0.327 e. The van der Waals surface area contributed by atoms with Crippen molar-refractivity contribution in [1.29, 1.82) is 0 Å². The van der Waals surface area contributed by atoms with Gasteiger partial charge in [0.05, 0.1) is 0 Å². The van der Waals surface area contributed by atoms with Gasteiger partial charge in [-0.05, 0) is 24.3 Å². The maximum atomic E-state index is 12.6. The monoisotopic (exact) mass is 246 g/mol. The Balaban J connectivity index is 2.60. The van der Waals surface area contributed by atoms with E-state index in [1.54, 1.807) is 0 Å². The molecule has 0 aliphatic heterocycles. The predicted octanol–water partition coefficient (Wildman–Crippen LogP) is 2.49. The highest BCUT2D eigenvalue weighted by Gasteiger charge is 2.17. The zero-order chi connectivity index (χ0) is 12.2. The molecule has 0 saturated heterocycles. The molecule has 0 heterocycles. The lowest BCUT2D eigenvalue weighted by Crippen LogP contribution is -2.08. The molecule has 0 fully saturated rings. The van der Waals surface area contributed by atoms with Crippen molar-refractivity contribution in [1.82, 2.24) is 0 Å². The van der Waals surface area contributed by atoms with Crippen molar-refractivity contribution in [3.05, 3.63) is 35.6 Å². The lowest BCUT2D eigenvalue weighted by molar-refractivity contribution is 0.0906. The van der Waals surface area contributed by atoms with Crippen molar-refractivity contribution >= 4 is 13.4 Å². The number of ketones is 1. The van der Waals surface area contributed by atoms with Gasteiger partial charge in [-0.3, -0.25) is 9.36 Å². The molecule has 1 aromatic carbocycles. The summed E-state index contributed by atoms with van der Waals surface area (Å²) in [5.41, 5.74) is 0.303.